The first-order valence-corrected chi connectivity index (χ1v) is 8.85. The van der Waals surface area contributed by atoms with Crippen molar-refractivity contribution in [3.8, 4) is 17.2 Å². The van der Waals surface area contributed by atoms with Gasteiger partial charge in [0, 0.05) is 25.2 Å². The van der Waals surface area contributed by atoms with Gasteiger partial charge in [0.1, 0.15) is 17.2 Å². The average molecular weight is 351 g/mol. The Morgan fingerprint density at radius 3 is 2.20 bits per heavy atom. The van der Waals surface area contributed by atoms with E-state index in [2.05, 4.69) is 29.5 Å². The predicted octanol–water partition coefficient (Wildman–Crippen LogP) is 3.35. The van der Waals surface area contributed by atoms with Crippen molar-refractivity contribution >= 4 is 5.96 Å². The van der Waals surface area contributed by atoms with E-state index in [9.17, 15) is 0 Å². The number of nitrogens with zero attached hydrogens (tertiary/aromatic N) is 1. The molecule has 0 radical (unpaired) electrons. The third-order valence-corrected chi connectivity index (χ3v) is 4.10. The molecule has 0 aromatic heterocycles. The van der Waals surface area contributed by atoms with Gasteiger partial charge in [0.15, 0.2) is 5.96 Å². The molecule has 1 aromatic carbocycles. The lowest BCUT2D eigenvalue weighted by molar-refractivity contribution is 0.368. The molecule has 0 heterocycles. The van der Waals surface area contributed by atoms with E-state index in [1.54, 1.807) is 28.4 Å². The van der Waals surface area contributed by atoms with Crippen molar-refractivity contribution in [3.63, 3.8) is 0 Å². The van der Waals surface area contributed by atoms with Gasteiger partial charge in [-0.2, -0.15) is 0 Å². The Balaban J connectivity index is 2.74. The minimum Gasteiger partial charge on any atom is -0.496 e. The Morgan fingerprint density at radius 2 is 1.72 bits per heavy atom. The summed E-state index contributed by atoms with van der Waals surface area (Å²) in [6.07, 6.45) is 4.85. The van der Waals surface area contributed by atoms with Crippen LogP contribution < -0.4 is 24.8 Å². The first kappa shape index (κ1) is 20.9. The van der Waals surface area contributed by atoms with Crippen LogP contribution in [0.1, 0.15) is 45.1 Å². The molecule has 0 aliphatic carbocycles. The van der Waals surface area contributed by atoms with Crippen molar-refractivity contribution in [2.24, 2.45) is 4.99 Å². The van der Waals surface area contributed by atoms with Gasteiger partial charge in [-0.05, 0) is 13.3 Å². The zero-order chi connectivity index (χ0) is 18.7. The van der Waals surface area contributed by atoms with Gasteiger partial charge in [0.25, 0.3) is 0 Å². The zero-order valence-corrected chi connectivity index (χ0v) is 16.4. The molecule has 2 N–H and O–H groups in total. The van der Waals surface area contributed by atoms with Crippen LogP contribution in [0.5, 0.6) is 17.2 Å². The number of methoxy groups -OCH3 is 3. The highest BCUT2D eigenvalue weighted by Crippen LogP contribution is 2.33. The van der Waals surface area contributed by atoms with Gasteiger partial charge in [-0.25, -0.2) is 0 Å². The first-order chi connectivity index (χ1) is 12.1. The quantitative estimate of drug-likeness (QED) is 0.384. The normalized spacial score (nSPS) is 12.5. The number of unbranched alkanes of at least 4 members (excludes halogenated alkanes) is 2. The molecule has 0 bridgehead atoms. The maximum absolute atomic E-state index is 5.48. The molecule has 142 valence electrons. The SMILES string of the molecule is CCCCCC(C)NC(=NC)NCc1c(OC)cc(OC)cc1OC. The van der Waals surface area contributed by atoms with Gasteiger partial charge in [-0.3, -0.25) is 4.99 Å². The Morgan fingerprint density at radius 1 is 1.08 bits per heavy atom. The van der Waals surface area contributed by atoms with Gasteiger partial charge in [0.2, 0.25) is 0 Å². The average Bonchev–Trinajstić information content (AvgIpc) is 2.64. The van der Waals surface area contributed by atoms with Crippen molar-refractivity contribution in [2.45, 2.75) is 52.1 Å². The number of nitrogens with one attached hydrogen (secondary N) is 2. The summed E-state index contributed by atoms with van der Waals surface area (Å²) in [6, 6.07) is 4.07. The maximum atomic E-state index is 5.48. The Kier molecular flexibility index (Phi) is 9.58. The predicted molar refractivity (Wildman–Crippen MR) is 103 cm³/mol. The van der Waals surface area contributed by atoms with Gasteiger partial charge in [0.05, 0.1) is 33.4 Å². The third kappa shape index (κ3) is 6.72. The lowest BCUT2D eigenvalue weighted by Crippen LogP contribution is -2.41. The highest BCUT2D eigenvalue weighted by atomic mass is 16.5. The second-order valence-electron chi connectivity index (χ2n) is 5.98. The van der Waals surface area contributed by atoms with Crippen molar-refractivity contribution in [3.05, 3.63) is 17.7 Å². The lowest BCUT2D eigenvalue weighted by Gasteiger charge is -2.20. The molecule has 1 atom stereocenters. The fourth-order valence-electron chi connectivity index (χ4n) is 2.62. The van der Waals surface area contributed by atoms with Crippen molar-refractivity contribution < 1.29 is 14.2 Å². The largest absolute Gasteiger partial charge is 0.496 e. The maximum Gasteiger partial charge on any atom is 0.191 e. The molecule has 0 saturated carbocycles. The minimum atomic E-state index is 0.373. The molecule has 25 heavy (non-hydrogen) atoms. The van der Waals surface area contributed by atoms with Crippen LogP contribution in [0.25, 0.3) is 0 Å². The number of hydrogen-bond acceptors (Lipinski definition) is 4. The van der Waals surface area contributed by atoms with Crippen LogP contribution in [-0.2, 0) is 6.54 Å². The fourth-order valence-corrected chi connectivity index (χ4v) is 2.62. The van der Waals surface area contributed by atoms with E-state index >= 15 is 0 Å². The standard InChI is InChI=1S/C19H33N3O3/c1-7-8-9-10-14(2)22-19(20-3)21-13-16-17(24-5)11-15(23-4)12-18(16)25-6/h11-12,14H,7-10,13H2,1-6H3,(H2,20,21,22). The summed E-state index contributed by atoms with van der Waals surface area (Å²) < 4.78 is 16.2. The molecule has 0 amide bonds. The van der Waals surface area contributed by atoms with Gasteiger partial charge in [-0.1, -0.05) is 26.2 Å². The van der Waals surface area contributed by atoms with E-state index in [1.165, 1.54) is 19.3 Å². The molecule has 6 heteroatoms. The van der Waals surface area contributed by atoms with E-state index in [0.717, 1.165) is 29.4 Å². The van der Waals surface area contributed by atoms with Crippen molar-refractivity contribution in [1.82, 2.24) is 10.6 Å². The Labute approximate surface area is 152 Å². The van der Waals surface area contributed by atoms with Crippen molar-refractivity contribution in [2.75, 3.05) is 28.4 Å². The fraction of sp³-hybridized carbons (Fsp3) is 0.632. The number of benzene rings is 1. The molecule has 1 unspecified atom stereocenters. The molecular weight excluding hydrogens is 318 g/mol. The van der Waals surface area contributed by atoms with Crippen LogP contribution in [0.15, 0.2) is 17.1 Å². The number of ether oxygens (including phenoxy) is 3. The number of hydrogen-bond donors (Lipinski definition) is 2. The third-order valence-electron chi connectivity index (χ3n) is 4.10. The van der Waals surface area contributed by atoms with Crippen LogP contribution in [-0.4, -0.2) is 40.4 Å². The molecule has 6 nitrogen and oxygen atoms in total. The summed E-state index contributed by atoms with van der Waals surface area (Å²) in [4.78, 5) is 4.30. The Bertz CT molecular complexity index is 522. The number of aliphatic imine (C=N–C) groups is 1. The molecular formula is C19H33N3O3. The number of guanidine groups is 1. The molecule has 1 rings (SSSR count). The van der Waals surface area contributed by atoms with E-state index in [-0.39, 0.29) is 0 Å². The Hall–Kier alpha value is -2.11. The van der Waals surface area contributed by atoms with Crippen molar-refractivity contribution in [1.29, 1.82) is 0 Å². The first-order valence-electron chi connectivity index (χ1n) is 8.85. The summed E-state index contributed by atoms with van der Waals surface area (Å²) in [6.45, 7) is 4.93. The van der Waals surface area contributed by atoms with Crippen LogP contribution in [0.3, 0.4) is 0 Å². The van der Waals surface area contributed by atoms with E-state index in [0.29, 0.717) is 18.3 Å². The molecule has 0 spiro atoms. The molecule has 0 fully saturated rings. The molecule has 0 aliphatic rings. The highest BCUT2D eigenvalue weighted by molar-refractivity contribution is 5.80. The van der Waals surface area contributed by atoms with E-state index in [4.69, 9.17) is 14.2 Å². The molecule has 1 aromatic rings. The second kappa shape index (κ2) is 11.4. The zero-order valence-electron chi connectivity index (χ0n) is 16.4. The second-order valence-corrected chi connectivity index (χ2v) is 5.98. The summed E-state index contributed by atoms with van der Waals surface area (Å²) in [5, 5.41) is 6.76. The summed E-state index contributed by atoms with van der Waals surface area (Å²) in [5.41, 5.74) is 0.924. The summed E-state index contributed by atoms with van der Waals surface area (Å²) in [7, 11) is 6.68. The van der Waals surface area contributed by atoms with E-state index in [1.807, 2.05) is 12.1 Å². The van der Waals surface area contributed by atoms with Crippen LogP contribution in [0.2, 0.25) is 0 Å². The van der Waals surface area contributed by atoms with Gasteiger partial charge >= 0.3 is 0 Å². The number of rotatable bonds is 10. The molecule has 0 saturated heterocycles. The lowest BCUT2D eigenvalue weighted by atomic mass is 10.1. The summed E-state index contributed by atoms with van der Waals surface area (Å²) >= 11 is 0. The van der Waals surface area contributed by atoms with Crippen LogP contribution in [0, 0.1) is 0 Å². The van der Waals surface area contributed by atoms with Crippen LogP contribution in [0.4, 0.5) is 0 Å². The minimum absolute atomic E-state index is 0.373. The van der Waals surface area contributed by atoms with E-state index < -0.39 is 0 Å². The van der Waals surface area contributed by atoms with Crippen LogP contribution >= 0.6 is 0 Å². The van der Waals surface area contributed by atoms with Gasteiger partial charge < -0.3 is 24.8 Å². The monoisotopic (exact) mass is 351 g/mol. The highest BCUT2D eigenvalue weighted by Gasteiger charge is 2.14. The summed E-state index contributed by atoms with van der Waals surface area (Å²) in [5.74, 6) is 2.90. The smallest absolute Gasteiger partial charge is 0.191 e. The topological polar surface area (TPSA) is 64.1 Å². The van der Waals surface area contributed by atoms with Gasteiger partial charge in [-0.15, -0.1) is 0 Å². The molecule has 0 aliphatic heterocycles.